The Labute approximate surface area is 150 Å². The number of aromatic nitrogens is 1. The highest BCUT2D eigenvalue weighted by molar-refractivity contribution is 7.13. The van der Waals surface area contributed by atoms with Gasteiger partial charge >= 0.3 is 0 Å². The minimum Gasteiger partial charge on any atom is -0.496 e. The van der Waals surface area contributed by atoms with E-state index in [1.165, 1.54) is 0 Å². The van der Waals surface area contributed by atoms with Crippen molar-refractivity contribution in [2.45, 2.75) is 32.4 Å². The van der Waals surface area contributed by atoms with Crippen molar-refractivity contribution in [2.24, 2.45) is 0 Å². The Kier molecular flexibility index (Phi) is 5.33. The Hall–Kier alpha value is -2.41. The quantitative estimate of drug-likeness (QED) is 0.804. The molecule has 1 atom stereocenters. The van der Waals surface area contributed by atoms with Crippen LogP contribution < -0.4 is 10.1 Å². The zero-order chi connectivity index (χ0) is 17.8. The minimum absolute atomic E-state index is 0.117. The molecule has 0 bridgehead atoms. The number of thiazole rings is 1. The molecule has 25 heavy (non-hydrogen) atoms. The second kappa shape index (κ2) is 7.65. The lowest BCUT2D eigenvalue weighted by Crippen LogP contribution is -2.42. The SMILES string of the molecule is COc1cc(-c2scnc2C)ccc1CNC(=O)C1CCCN1C=O. The Balaban J connectivity index is 1.71. The predicted octanol–water partition coefficient (Wildman–Crippen LogP) is 2.36. The lowest BCUT2D eigenvalue weighted by atomic mass is 10.1. The molecule has 7 heteroatoms. The van der Waals surface area contributed by atoms with Crippen molar-refractivity contribution in [1.29, 1.82) is 0 Å². The number of aryl methyl sites for hydroxylation is 1. The number of benzene rings is 1. The first-order valence-corrected chi connectivity index (χ1v) is 9.08. The Morgan fingerprint density at radius 2 is 2.36 bits per heavy atom. The number of rotatable bonds is 6. The molecule has 2 aromatic rings. The van der Waals surface area contributed by atoms with Gasteiger partial charge in [0, 0.05) is 18.7 Å². The number of nitrogens with zero attached hydrogens (tertiary/aromatic N) is 2. The van der Waals surface area contributed by atoms with Gasteiger partial charge in [0.15, 0.2) is 0 Å². The highest BCUT2D eigenvalue weighted by Gasteiger charge is 2.29. The number of nitrogens with one attached hydrogen (secondary N) is 1. The highest BCUT2D eigenvalue weighted by atomic mass is 32.1. The maximum Gasteiger partial charge on any atom is 0.243 e. The van der Waals surface area contributed by atoms with Gasteiger partial charge in [0.2, 0.25) is 12.3 Å². The normalized spacial score (nSPS) is 16.7. The average molecular weight is 359 g/mol. The molecule has 1 aromatic carbocycles. The number of hydrogen-bond acceptors (Lipinski definition) is 5. The first-order chi connectivity index (χ1) is 12.1. The fourth-order valence-electron chi connectivity index (χ4n) is 3.11. The van der Waals surface area contributed by atoms with Crippen LogP contribution in [0.25, 0.3) is 10.4 Å². The van der Waals surface area contributed by atoms with Gasteiger partial charge in [-0.1, -0.05) is 12.1 Å². The van der Waals surface area contributed by atoms with Gasteiger partial charge < -0.3 is 15.0 Å². The molecule has 1 unspecified atom stereocenters. The van der Waals surface area contributed by atoms with Crippen LogP contribution in [0.2, 0.25) is 0 Å². The third-order valence-electron chi connectivity index (χ3n) is 4.48. The zero-order valence-electron chi connectivity index (χ0n) is 14.3. The van der Waals surface area contributed by atoms with E-state index in [9.17, 15) is 9.59 Å². The van der Waals surface area contributed by atoms with Crippen molar-refractivity contribution in [3.8, 4) is 16.2 Å². The molecule has 0 saturated carbocycles. The molecule has 0 spiro atoms. The topological polar surface area (TPSA) is 71.5 Å². The van der Waals surface area contributed by atoms with Crippen molar-refractivity contribution < 1.29 is 14.3 Å². The third-order valence-corrected chi connectivity index (χ3v) is 5.46. The van der Waals surface area contributed by atoms with Gasteiger partial charge in [-0.2, -0.15) is 0 Å². The lowest BCUT2D eigenvalue weighted by molar-refractivity contribution is -0.131. The summed E-state index contributed by atoms with van der Waals surface area (Å²) < 4.78 is 5.49. The van der Waals surface area contributed by atoms with Crippen LogP contribution in [0.15, 0.2) is 23.7 Å². The summed E-state index contributed by atoms with van der Waals surface area (Å²) in [6.07, 6.45) is 2.33. The molecule has 2 heterocycles. The summed E-state index contributed by atoms with van der Waals surface area (Å²) in [6, 6.07) is 5.58. The summed E-state index contributed by atoms with van der Waals surface area (Å²) in [5.74, 6) is 0.610. The summed E-state index contributed by atoms with van der Waals surface area (Å²) in [5.41, 5.74) is 4.77. The van der Waals surface area contributed by atoms with E-state index >= 15 is 0 Å². The Bertz CT molecular complexity index is 775. The fourth-order valence-corrected chi connectivity index (χ4v) is 3.91. The summed E-state index contributed by atoms with van der Waals surface area (Å²) >= 11 is 1.59. The van der Waals surface area contributed by atoms with Crippen LogP contribution in [0.4, 0.5) is 0 Å². The second-order valence-corrected chi connectivity index (χ2v) is 6.87. The van der Waals surface area contributed by atoms with E-state index in [0.29, 0.717) is 19.5 Å². The largest absolute Gasteiger partial charge is 0.496 e. The van der Waals surface area contributed by atoms with Crippen LogP contribution in [-0.2, 0) is 16.1 Å². The summed E-state index contributed by atoms with van der Waals surface area (Å²) in [4.78, 5) is 30.3. The van der Waals surface area contributed by atoms with Crippen LogP contribution in [0, 0.1) is 6.92 Å². The highest BCUT2D eigenvalue weighted by Crippen LogP contribution is 2.31. The van der Waals surface area contributed by atoms with E-state index in [-0.39, 0.29) is 11.9 Å². The third kappa shape index (κ3) is 3.66. The Morgan fingerprint density at radius 1 is 1.52 bits per heavy atom. The van der Waals surface area contributed by atoms with Crippen molar-refractivity contribution in [2.75, 3.05) is 13.7 Å². The summed E-state index contributed by atoms with van der Waals surface area (Å²) in [7, 11) is 1.62. The van der Waals surface area contributed by atoms with Gasteiger partial charge in [-0.25, -0.2) is 4.98 Å². The van der Waals surface area contributed by atoms with Crippen LogP contribution in [0.1, 0.15) is 24.1 Å². The molecule has 132 valence electrons. The van der Waals surface area contributed by atoms with Gasteiger partial charge in [0.1, 0.15) is 11.8 Å². The fraction of sp³-hybridized carbons (Fsp3) is 0.389. The molecule has 1 N–H and O–H groups in total. The van der Waals surface area contributed by atoms with Crippen LogP contribution >= 0.6 is 11.3 Å². The number of carbonyl (C=O) groups is 2. The maximum atomic E-state index is 12.3. The zero-order valence-corrected chi connectivity index (χ0v) is 15.1. The predicted molar refractivity (Wildman–Crippen MR) is 96.5 cm³/mol. The summed E-state index contributed by atoms with van der Waals surface area (Å²) in [5, 5.41) is 2.92. The van der Waals surface area contributed by atoms with Gasteiger partial charge in [-0.05, 0) is 31.4 Å². The van der Waals surface area contributed by atoms with Crippen LogP contribution in [-0.4, -0.2) is 41.9 Å². The van der Waals surface area contributed by atoms with Crippen LogP contribution in [0.3, 0.4) is 0 Å². The molecule has 0 aliphatic carbocycles. The molecule has 1 aliphatic rings. The Morgan fingerprint density at radius 3 is 3.04 bits per heavy atom. The van der Waals surface area contributed by atoms with E-state index in [2.05, 4.69) is 10.3 Å². The smallest absolute Gasteiger partial charge is 0.243 e. The number of likely N-dealkylation sites (tertiary alicyclic amines) is 1. The number of methoxy groups -OCH3 is 1. The van der Waals surface area contributed by atoms with Crippen molar-refractivity contribution in [1.82, 2.24) is 15.2 Å². The second-order valence-electron chi connectivity index (χ2n) is 6.01. The van der Waals surface area contributed by atoms with E-state index in [0.717, 1.165) is 40.3 Å². The molecule has 2 amide bonds. The molecule has 0 radical (unpaired) electrons. The molecule has 1 fully saturated rings. The van der Waals surface area contributed by atoms with Crippen LogP contribution in [0.5, 0.6) is 5.75 Å². The van der Waals surface area contributed by atoms with E-state index in [4.69, 9.17) is 4.74 Å². The molecular formula is C18H21N3O3S. The maximum absolute atomic E-state index is 12.3. The number of carbonyl (C=O) groups excluding carboxylic acids is 2. The number of ether oxygens (including phenoxy) is 1. The van der Waals surface area contributed by atoms with Gasteiger partial charge in [0.05, 0.1) is 23.2 Å². The van der Waals surface area contributed by atoms with Gasteiger partial charge in [-0.3, -0.25) is 9.59 Å². The van der Waals surface area contributed by atoms with E-state index in [1.54, 1.807) is 23.3 Å². The van der Waals surface area contributed by atoms with E-state index < -0.39 is 0 Å². The van der Waals surface area contributed by atoms with Crippen molar-refractivity contribution in [3.05, 3.63) is 35.0 Å². The molecule has 1 aliphatic heterocycles. The average Bonchev–Trinajstić information content (AvgIpc) is 3.28. The van der Waals surface area contributed by atoms with Crippen molar-refractivity contribution >= 4 is 23.7 Å². The first-order valence-electron chi connectivity index (χ1n) is 8.20. The monoisotopic (exact) mass is 359 g/mol. The minimum atomic E-state index is -0.359. The molecular weight excluding hydrogens is 338 g/mol. The molecule has 1 saturated heterocycles. The molecule has 6 nitrogen and oxygen atoms in total. The number of amides is 2. The molecule has 1 aromatic heterocycles. The molecule has 3 rings (SSSR count). The van der Waals surface area contributed by atoms with Crippen molar-refractivity contribution in [3.63, 3.8) is 0 Å². The summed E-state index contributed by atoms with van der Waals surface area (Å²) in [6.45, 7) is 2.99. The lowest BCUT2D eigenvalue weighted by Gasteiger charge is -2.19. The standard InChI is InChI=1S/C18H21N3O3S/c1-12-17(25-10-20-12)13-5-6-14(16(8-13)24-2)9-19-18(23)15-4-3-7-21(15)11-22/h5-6,8,10-11,15H,3-4,7,9H2,1-2H3,(H,19,23). The van der Waals surface area contributed by atoms with E-state index in [1.807, 2.05) is 30.6 Å². The van der Waals surface area contributed by atoms with Gasteiger partial charge in [-0.15, -0.1) is 11.3 Å². The number of hydrogen-bond donors (Lipinski definition) is 1. The van der Waals surface area contributed by atoms with Gasteiger partial charge in [0.25, 0.3) is 0 Å². The first kappa shape index (κ1) is 17.4.